The number of nitrogens with one attached hydrogen (secondary N) is 1. The van der Waals surface area contributed by atoms with Crippen molar-refractivity contribution in [2.75, 3.05) is 19.0 Å². The second-order valence-electron chi connectivity index (χ2n) is 4.44. The Balaban J connectivity index is 2.37. The van der Waals surface area contributed by atoms with Crippen molar-refractivity contribution >= 4 is 33.1 Å². The number of halogens is 1. The van der Waals surface area contributed by atoms with Gasteiger partial charge in [-0.2, -0.15) is 0 Å². The van der Waals surface area contributed by atoms with E-state index >= 15 is 0 Å². The molecule has 0 bridgehead atoms. The van der Waals surface area contributed by atoms with Crippen LogP contribution < -0.4 is 5.32 Å². The third-order valence-electron chi connectivity index (χ3n) is 2.71. The first-order valence-electron chi connectivity index (χ1n) is 6.51. The summed E-state index contributed by atoms with van der Waals surface area (Å²) in [5, 5.41) is 3.31. The fraction of sp³-hybridized carbons (Fsp3) is 0.429. The van der Waals surface area contributed by atoms with Gasteiger partial charge in [0.25, 0.3) is 0 Å². The van der Waals surface area contributed by atoms with E-state index in [-0.39, 0.29) is 0 Å². The molecule has 0 saturated carbocycles. The summed E-state index contributed by atoms with van der Waals surface area (Å²) in [5.74, 6) is 1.60. The van der Waals surface area contributed by atoms with Gasteiger partial charge in [0.1, 0.15) is 5.82 Å². The number of rotatable bonds is 6. The molecule has 0 spiro atoms. The molecule has 6 heteroatoms. The molecule has 2 rings (SSSR count). The molecule has 2 heterocycles. The van der Waals surface area contributed by atoms with Gasteiger partial charge >= 0.3 is 0 Å². The Hall–Kier alpha value is -0.980. The molecule has 0 amide bonds. The predicted octanol–water partition coefficient (Wildman–Crippen LogP) is 4.24. The lowest BCUT2D eigenvalue weighted by Gasteiger charge is -2.08. The number of anilines is 1. The number of aryl methyl sites for hydroxylation is 1. The highest BCUT2D eigenvalue weighted by Gasteiger charge is 2.11. The second kappa shape index (κ2) is 7.15. The lowest BCUT2D eigenvalue weighted by molar-refractivity contribution is 0.181. The van der Waals surface area contributed by atoms with Crippen molar-refractivity contribution in [3.05, 3.63) is 27.2 Å². The molecule has 0 aliphatic carbocycles. The number of aromatic nitrogens is 2. The lowest BCUT2D eigenvalue weighted by atomic mass is 10.3. The van der Waals surface area contributed by atoms with Gasteiger partial charge in [-0.25, -0.2) is 9.97 Å². The smallest absolute Gasteiger partial charge is 0.171 e. The van der Waals surface area contributed by atoms with Crippen LogP contribution in [-0.2, 0) is 11.3 Å². The van der Waals surface area contributed by atoms with Crippen molar-refractivity contribution in [3.8, 4) is 10.7 Å². The van der Waals surface area contributed by atoms with E-state index in [2.05, 4.69) is 51.1 Å². The first-order valence-corrected chi connectivity index (χ1v) is 8.12. The number of hydrogen-bond acceptors (Lipinski definition) is 5. The molecular formula is C14H18BrN3OS. The Labute approximate surface area is 131 Å². The Bertz CT molecular complexity index is 566. The number of ether oxygens (including phenoxy) is 1. The molecule has 2 aromatic heterocycles. The van der Waals surface area contributed by atoms with E-state index in [1.54, 1.807) is 18.4 Å². The van der Waals surface area contributed by atoms with E-state index in [9.17, 15) is 0 Å². The summed E-state index contributed by atoms with van der Waals surface area (Å²) < 4.78 is 6.28. The molecule has 0 aromatic carbocycles. The maximum absolute atomic E-state index is 5.18. The van der Waals surface area contributed by atoms with Gasteiger partial charge in [-0.3, -0.25) is 0 Å². The number of thiophene rings is 1. The largest absolute Gasteiger partial charge is 0.378 e. The van der Waals surface area contributed by atoms with Gasteiger partial charge in [-0.15, -0.1) is 11.3 Å². The van der Waals surface area contributed by atoms with E-state index in [0.717, 1.165) is 39.7 Å². The number of nitrogens with zero attached hydrogens (tertiary/aromatic N) is 2. The van der Waals surface area contributed by atoms with Crippen molar-refractivity contribution in [2.45, 2.75) is 26.9 Å². The topological polar surface area (TPSA) is 47.0 Å². The van der Waals surface area contributed by atoms with Crippen molar-refractivity contribution in [3.63, 3.8) is 0 Å². The Kier molecular flexibility index (Phi) is 5.51. The zero-order chi connectivity index (χ0) is 14.5. The molecular weight excluding hydrogens is 338 g/mol. The van der Waals surface area contributed by atoms with Gasteiger partial charge < -0.3 is 10.1 Å². The highest BCUT2D eigenvalue weighted by Crippen LogP contribution is 2.32. The maximum atomic E-state index is 5.18. The van der Waals surface area contributed by atoms with Crippen LogP contribution >= 0.6 is 27.3 Å². The standard InChI is InChI=1S/C14H18BrN3OS/c1-4-5-16-13-6-10(8-19-3)17-14(18-13)12-7-11(15)9(2)20-12/h6-7H,4-5,8H2,1-3H3,(H,16,17,18). The molecule has 4 nitrogen and oxygen atoms in total. The fourth-order valence-corrected chi connectivity index (χ4v) is 3.21. The first kappa shape index (κ1) is 15.4. The fourth-order valence-electron chi connectivity index (χ4n) is 1.74. The lowest BCUT2D eigenvalue weighted by Crippen LogP contribution is -2.05. The highest BCUT2D eigenvalue weighted by molar-refractivity contribution is 9.10. The van der Waals surface area contributed by atoms with E-state index in [1.165, 1.54) is 4.88 Å². The number of hydrogen-bond donors (Lipinski definition) is 1. The Morgan fingerprint density at radius 3 is 2.75 bits per heavy atom. The van der Waals surface area contributed by atoms with Gasteiger partial charge in [0.15, 0.2) is 5.82 Å². The van der Waals surface area contributed by atoms with Crippen LogP contribution in [0, 0.1) is 6.92 Å². The molecule has 0 fully saturated rings. The summed E-state index contributed by atoms with van der Waals surface area (Å²) in [4.78, 5) is 11.4. The molecule has 2 aromatic rings. The minimum Gasteiger partial charge on any atom is -0.378 e. The Morgan fingerprint density at radius 1 is 1.35 bits per heavy atom. The maximum Gasteiger partial charge on any atom is 0.171 e. The van der Waals surface area contributed by atoms with Crippen LogP contribution in [0.2, 0.25) is 0 Å². The second-order valence-corrected chi connectivity index (χ2v) is 6.55. The Morgan fingerprint density at radius 2 is 2.15 bits per heavy atom. The average molecular weight is 356 g/mol. The average Bonchev–Trinajstić information content (AvgIpc) is 2.77. The molecule has 0 aliphatic rings. The molecule has 1 N–H and O–H groups in total. The van der Waals surface area contributed by atoms with Crippen LogP contribution in [-0.4, -0.2) is 23.6 Å². The van der Waals surface area contributed by atoms with Gasteiger partial charge in [-0.1, -0.05) is 6.92 Å². The van der Waals surface area contributed by atoms with Gasteiger partial charge in [0.05, 0.1) is 17.2 Å². The zero-order valence-corrected chi connectivity index (χ0v) is 14.3. The van der Waals surface area contributed by atoms with Crippen LogP contribution in [0.4, 0.5) is 5.82 Å². The van der Waals surface area contributed by atoms with E-state index in [4.69, 9.17) is 4.74 Å². The van der Waals surface area contributed by atoms with E-state index in [0.29, 0.717) is 6.61 Å². The molecule has 0 atom stereocenters. The summed E-state index contributed by atoms with van der Waals surface area (Å²) in [6, 6.07) is 4.01. The van der Waals surface area contributed by atoms with Crippen molar-refractivity contribution in [2.24, 2.45) is 0 Å². The normalized spacial score (nSPS) is 10.8. The summed E-state index contributed by atoms with van der Waals surface area (Å²) in [6.45, 7) is 5.59. The minimum atomic E-state index is 0.488. The monoisotopic (exact) mass is 355 g/mol. The van der Waals surface area contributed by atoms with Crippen LogP contribution in [0.3, 0.4) is 0 Å². The molecule has 0 aliphatic heterocycles. The van der Waals surface area contributed by atoms with Crippen molar-refractivity contribution < 1.29 is 4.74 Å². The molecule has 0 radical (unpaired) electrons. The highest BCUT2D eigenvalue weighted by atomic mass is 79.9. The van der Waals surface area contributed by atoms with Crippen LogP contribution in [0.15, 0.2) is 16.6 Å². The van der Waals surface area contributed by atoms with E-state index in [1.807, 2.05) is 6.07 Å². The molecule has 20 heavy (non-hydrogen) atoms. The molecule has 0 unspecified atom stereocenters. The number of methoxy groups -OCH3 is 1. The first-order chi connectivity index (χ1) is 9.63. The summed E-state index contributed by atoms with van der Waals surface area (Å²) in [7, 11) is 1.67. The van der Waals surface area contributed by atoms with E-state index < -0.39 is 0 Å². The molecule has 0 saturated heterocycles. The van der Waals surface area contributed by atoms with Crippen LogP contribution in [0.1, 0.15) is 23.9 Å². The zero-order valence-electron chi connectivity index (χ0n) is 11.9. The van der Waals surface area contributed by atoms with Gasteiger partial charge in [0.2, 0.25) is 0 Å². The third-order valence-corrected chi connectivity index (χ3v) is 4.84. The van der Waals surface area contributed by atoms with Crippen molar-refractivity contribution in [1.29, 1.82) is 0 Å². The van der Waals surface area contributed by atoms with Crippen LogP contribution in [0.5, 0.6) is 0 Å². The predicted molar refractivity (Wildman–Crippen MR) is 87.3 cm³/mol. The summed E-state index contributed by atoms with van der Waals surface area (Å²) >= 11 is 5.22. The summed E-state index contributed by atoms with van der Waals surface area (Å²) in [6.07, 6.45) is 1.06. The third kappa shape index (κ3) is 3.77. The van der Waals surface area contributed by atoms with Gasteiger partial charge in [0, 0.05) is 29.1 Å². The quantitative estimate of drug-likeness (QED) is 0.841. The summed E-state index contributed by atoms with van der Waals surface area (Å²) in [5.41, 5.74) is 0.887. The minimum absolute atomic E-state index is 0.488. The van der Waals surface area contributed by atoms with Gasteiger partial charge in [-0.05, 0) is 35.3 Å². The molecule has 108 valence electrons. The van der Waals surface area contributed by atoms with Crippen LogP contribution in [0.25, 0.3) is 10.7 Å². The SMILES string of the molecule is CCCNc1cc(COC)nc(-c2cc(Br)c(C)s2)n1. The van der Waals surface area contributed by atoms with Crippen molar-refractivity contribution in [1.82, 2.24) is 9.97 Å².